The van der Waals surface area contributed by atoms with E-state index in [-0.39, 0.29) is 10.8 Å². The lowest BCUT2D eigenvalue weighted by molar-refractivity contribution is -0.138. The van der Waals surface area contributed by atoms with Gasteiger partial charge >= 0.3 is 5.97 Å². The molecule has 1 aliphatic rings. The van der Waals surface area contributed by atoms with Crippen LogP contribution in [0.25, 0.3) is 10.8 Å². The molecule has 1 heterocycles. The number of fused-ring (bicyclic) bond motifs is 1. The molecular formula is C28H26N2O5S. The highest BCUT2D eigenvalue weighted by Crippen LogP contribution is 2.40. The van der Waals surface area contributed by atoms with E-state index in [1.54, 1.807) is 24.3 Å². The maximum absolute atomic E-state index is 13.1. The average Bonchev–Trinajstić information content (AvgIpc) is 3.35. The molecule has 4 aromatic rings. The Hall–Kier alpha value is -4.04. The molecule has 0 amide bonds. The highest BCUT2D eigenvalue weighted by Gasteiger charge is 2.38. The van der Waals surface area contributed by atoms with Crippen LogP contribution in [-0.2, 0) is 14.8 Å². The van der Waals surface area contributed by atoms with Gasteiger partial charge in [0.2, 0.25) is 0 Å². The summed E-state index contributed by atoms with van der Waals surface area (Å²) >= 11 is 0. The number of hydrogen-bond donors (Lipinski definition) is 2. The minimum Gasteiger partial charge on any atom is -0.497 e. The normalized spacial score (nSPS) is 17.8. The van der Waals surface area contributed by atoms with E-state index >= 15 is 0 Å². The fraction of sp³-hybridized carbons (Fsp3) is 0.179. The molecule has 36 heavy (non-hydrogen) atoms. The molecule has 1 fully saturated rings. The lowest BCUT2D eigenvalue weighted by Crippen LogP contribution is -2.36. The predicted molar refractivity (Wildman–Crippen MR) is 140 cm³/mol. The van der Waals surface area contributed by atoms with Gasteiger partial charge in [-0.25, -0.2) is 13.2 Å². The summed E-state index contributed by atoms with van der Waals surface area (Å²) in [6, 6.07) is 26.4. The van der Waals surface area contributed by atoms with Crippen molar-refractivity contribution in [2.45, 2.75) is 23.3 Å². The van der Waals surface area contributed by atoms with Gasteiger partial charge in [-0.05, 0) is 48.4 Å². The van der Waals surface area contributed by atoms with E-state index in [4.69, 9.17) is 4.74 Å². The van der Waals surface area contributed by atoms with Crippen molar-refractivity contribution in [1.82, 2.24) is 0 Å². The molecule has 2 atom stereocenters. The van der Waals surface area contributed by atoms with Gasteiger partial charge in [0.25, 0.3) is 10.0 Å². The zero-order valence-electron chi connectivity index (χ0n) is 19.7. The lowest BCUT2D eigenvalue weighted by Gasteiger charge is -2.26. The zero-order valence-corrected chi connectivity index (χ0v) is 20.5. The van der Waals surface area contributed by atoms with Gasteiger partial charge in [0.05, 0.1) is 17.7 Å². The van der Waals surface area contributed by atoms with Crippen LogP contribution in [0.5, 0.6) is 5.75 Å². The summed E-state index contributed by atoms with van der Waals surface area (Å²) in [6.07, 6.45) is 0.500. The van der Waals surface area contributed by atoms with E-state index in [1.807, 2.05) is 59.5 Å². The molecule has 4 aromatic carbocycles. The van der Waals surface area contributed by atoms with Gasteiger partial charge in [-0.1, -0.05) is 54.6 Å². The van der Waals surface area contributed by atoms with Gasteiger partial charge in [0.1, 0.15) is 11.8 Å². The summed E-state index contributed by atoms with van der Waals surface area (Å²) in [7, 11) is -2.32. The van der Waals surface area contributed by atoms with E-state index in [1.165, 1.54) is 19.2 Å². The number of anilines is 2. The minimum absolute atomic E-state index is 0.0827. The Morgan fingerprint density at radius 1 is 0.917 bits per heavy atom. The monoisotopic (exact) mass is 502 g/mol. The molecule has 0 bridgehead atoms. The highest BCUT2D eigenvalue weighted by atomic mass is 32.2. The van der Waals surface area contributed by atoms with E-state index in [0.717, 1.165) is 16.6 Å². The summed E-state index contributed by atoms with van der Waals surface area (Å²) in [5.74, 6) is -0.225. The van der Waals surface area contributed by atoms with Gasteiger partial charge < -0.3 is 14.7 Å². The third-order valence-corrected chi connectivity index (χ3v) is 8.06. The predicted octanol–water partition coefficient (Wildman–Crippen LogP) is 5.10. The van der Waals surface area contributed by atoms with Crippen LogP contribution in [0, 0.1) is 0 Å². The topological polar surface area (TPSA) is 95.9 Å². The van der Waals surface area contributed by atoms with Gasteiger partial charge in [0, 0.05) is 28.9 Å². The summed E-state index contributed by atoms with van der Waals surface area (Å²) in [6.45, 7) is 0.557. The first kappa shape index (κ1) is 23.7. The molecule has 5 rings (SSSR count). The average molecular weight is 503 g/mol. The van der Waals surface area contributed by atoms with Crippen LogP contribution in [-0.4, -0.2) is 39.2 Å². The number of benzene rings is 4. The van der Waals surface area contributed by atoms with E-state index in [0.29, 0.717) is 29.8 Å². The number of ether oxygens (including phenoxy) is 1. The maximum atomic E-state index is 13.1. The van der Waals surface area contributed by atoms with Crippen molar-refractivity contribution < 1.29 is 23.1 Å². The van der Waals surface area contributed by atoms with Crippen LogP contribution in [0.3, 0.4) is 0 Å². The quantitative estimate of drug-likeness (QED) is 0.365. The fourth-order valence-corrected chi connectivity index (χ4v) is 5.96. The second-order valence-corrected chi connectivity index (χ2v) is 10.5. The number of rotatable bonds is 7. The van der Waals surface area contributed by atoms with E-state index < -0.39 is 22.0 Å². The first-order valence-corrected chi connectivity index (χ1v) is 13.1. The lowest BCUT2D eigenvalue weighted by atomic mass is 9.96. The third kappa shape index (κ3) is 4.47. The van der Waals surface area contributed by atoms with Crippen molar-refractivity contribution in [3.05, 3.63) is 96.6 Å². The van der Waals surface area contributed by atoms with Crippen LogP contribution in [0.2, 0.25) is 0 Å². The van der Waals surface area contributed by atoms with Crippen LogP contribution in [0.15, 0.2) is 95.9 Å². The summed E-state index contributed by atoms with van der Waals surface area (Å²) in [5, 5.41) is 11.5. The van der Waals surface area contributed by atoms with Crippen molar-refractivity contribution in [2.75, 3.05) is 23.3 Å². The highest BCUT2D eigenvalue weighted by molar-refractivity contribution is 7.92. The Kier molecular flexibility index (Phi) is 6.28. The van der Waals surface area contributed by atoms with E-state index in [9.17, 15) is 18.3 Å². The number of nitrogens with one attached hydrogen (secondary N) is 1. The molecule has 1 aliphatic heterocycles. The molecule has 0 radical (unpaired) electrons. The zero-order chi connectivity index (χ0) is 25.3. The largest absolute Gasteiger partial charge is 0.497 e. The Bertz CT molecular complexity index is 1500. The van der Waals surface area contributed by atoms with Crippen LogP contribution >= 0.6 is 0 Å². The number of carbonyl (C=O) groups is 1. The SMILES string of the molecule is COc1ccc(S(=O)(=O)Nc2ccc(N3C[C@H](c4ccccc4)C[C@H]3C(=O)O)c3ccccc23)cc1. The molecule has 1 saturated heterocycles. The second-order valence-electron chi connectivity index (χ2n) is 8.81. The molecule has 0 aliphatic carbocycles. The summed E-state index contributed by atoms with van der Waals surface area (Å²) in [5.41, 5.74) is 2.30. The van der Waals surface area contributed by atoms with Crippen LogP contribution < -0.4 is 14.4 Å². The van der Waals surface area contributed by atoms with Crippen molar-refractivity contribution in [3.8, 4) is 5.75 Å². The Morgan fingerprint density at radius 2 is 1.58 bits per heavy atom. The van der Waals surface area contributed by atoms with Gasteiger partial charge in [-0.2, -0.15) is 0 Å². The number of sulfonamides is 1. The molecule has 2 N–H and O–H groups in total. The minimum atomic E-state index is -3.84. The smallest absolute Gasteiger partial charge is 0.326 e. The Balaban J connectivity index is 1.51. The molecule has 0 saturated carbocycles. The van der Waals surface area contributed by atoms with Gasteiger partial charge in [0.15, 0.2) is 0 Å². The van der Waals surface area contributed by atoms with Crippen molar-refractivity contribution >= 4 is 38.1 Å². The molecule has 0 unspecified atom stereocenters. The first-order chi connectivity index (χ1) is 17.4. The number of nitrogens with zero attached hydrogens (tertiary/aromatic N) is 1. The van der Waals surface area contributed by atoms with Crippen molar-refractivity contribution in [3.63, 3.8) is 0 Å². The number of carboxylic acids is 1. The van der Waals surface area contributed by atoms with Crippen LogP contribution in [0.4, 0.5) is 11.4 Å². The molecule has 0 spiro atoms. The van der Waals surface area contributed by atoms with Crippen molar-refractivity contribution in [1.29, 1.82) is 0 Å². The Morgan fingerprint density at radius 3 is 2.25 bits per heavy atom. The van der Waals surface area contributed by atoms with Gasteiger partial charge in [-0.15, -0.1) is 0 Å². The van der Waals surface area contributed by atoms with Gasteiger partial charge in [-0.3, -0.25) is 4.72 Å². The third-order valence-electron chi connectivity index (χ3n) is 6.68. The van der Waals surface area contributed by atoms with E-state index in [2.05, 4.69) is 4.72 Å². The fourth-order valence-electron chi connectivity index (χ4n) is 4.88. The second kappa shape index (κ2) is 9.54. The maximum Gasteiger partial charge on any atom is 0.326 e. The number of carboxylic acid groups (broad SMARTS) is 1. The Labute approximate surface area is 210 Å². The number of methoxy groups -OCH3 is 1. The molecule has 8 heteroatoms. The van der Waals surface area contributed by atoms with Crippen LogP contribution in [0.1, 0.15) is 17.9 Å². The molecule has 0 aromatic heterocycles. The molecular weight excluding hydrogens is 476 g/mol. The number of aliphatic carboxylic acids is 1. The number of hydrogen-bond acceptors (Lipinski definition) is 5. The standard InChI is InChI=1S/C28H26N2O5S/c1-35-21-11-13-22(14-12-21)36(33,34)29-25-15-16-26(24-10-6-5-9-23(24)25)30-18-20(17-27(30)28(31)32)19-7-3-2-4-8-19/h2-16,20,27,29H,17-18H2,1H3,(H,31,32)/t20-,27+/m1/s1. The molecule has 184 valence electrons. The summed E-state index contributed by atoms with van der Waals surface area (Å²) < 4.78 is 34.0. The first-order valence-electron chi connectivity index (χ1n) is 11.6. The molecule has 7 nitrogen and oxygen atoms in total. The summed E-state index contributed by atoms with van der Waals surface area (Å²) in [4.78, 5) is 14.3. The van der Waals surface area contributed by atoms with Crippen molar-refractivity contribution in [2.24, 2.45) is 0 Å².